The molecule has 0 aromatic carbocycles. The molecule has 0 spiro atoms. The first-order valence-corrected chi connectivity index (χ1v) is 33.0. The zero-order chi connectivity index (χ0) is 76.8. The number of thioether (sulfide) groups is 1. The van der Waals surface area contributed by atoms with Crippen molar-refractivity contribution in [2.45, 2.75) is 153 Å². The third-order valence-corrected chi connectivity index (χ3v) is 25.5. The van der Waals surface area contributed by atoms with E-state index in [4.69, 9.17) is 0 Å². The van der Waals surface area contributed by atoms with Gasteiger partial charge in [0.1, 0.15) is 0 Å². The van der Waals surface area contributed by atoms with E-state index < -0.39 is 365 Å². The molecule has 0 nitrogen and oxygen atoms in total. The number of thiophene rings is 5. The highest BCUT2D eigenvalue weighted by Crippen LogP contribution is 2.75. The van der Waals surface area contributed by atoms with Crippen molar-refractivity contribution in [1.82, 2.24) is 0 Å². The Labute approximate surface area is 568 Å². The minimum absolute atomic E-state index is 0.296. The lowest BCUT2D eigenvalue weighted by Crippen LogP contribution is -2.49. The summed E-state index contributed by atoms with van der Waals surface area (Å²) < 4.78 is 590. The van der Waals surface area contributed by atoms with Crippen LogP contribution < -0.4 is 0 Å². The molecule has 2 atom stereocenters. The molecule has 0 fully saturated rings. The van der Waals surface area contributed by atoms with Crippen LogP contribution in [0.4, 0.5) is 158 Å². The molecule has 0 saturated heterocycles. The Morgan fingerprint density at radius 1 is 0.235 bits per heavy atom. The second kappa shape index (κ2) is 20.4. The standard InChI is InChI=1S/C60H26F36S6/c1-13-19-7-25(97-13)37-38(50(75,76)58(91,92)49(37,73)74)26-9-21(15(3)99-26)33-34(46(67,68)56(87,88)45(33,65)66)22-11-29(101-16(22)4)41-42(54(83,84)60(95,96)53(41,81)82)30-12-24(18(6)102-30)36-35(47(69,70)57(89,90)48(36,71)72)23-10-28(100-17(23)5)40-39(51(77,78)59(93,94)52(40,79)80)27-8-20(14(2)98-27)32-31(19)43(61,62)55(85,86)44(32,63)64/h7-13,19H,1-6H3. The van der Waals surface area contributed by atoms with Gasteiger partial charge < -0.3 is 0 Å². The van der Waals surface area contributed by atoms with Crippen LogP contribution in [0.5, 0.6) is 0 Å². The van der Waals surface area contributed by atoms with Crippen molar-refractivity contribution in [3.8, 4) is 0 Å². The molecule has 5 aromatic heterocycles. The van der Waals surface area contributed by atoms with Gasteiger partial charge in [0.25, 0.3) is 0 Å². The molecule has 5 aromatic rings. The Morgan fingerprint density at radius 3 is 0.647 bits per heavy atom. The van der Waals surface area contributed by atoms with Gasteiger partial charge in [0.15, 0.2) is 0 Å². The van der Waals surface area contributed by atoms with Crippen LogP contribution in [0, 0.1) is 40.5 Å². The third-order valence-electron chi connectivity index (χ3n) is 18.9. The number of alkyl halides is 36. The van der Waals surface area contributed by atoms with E-state index in [2.05, 4.69) is 0 Å². The quantitative estimate of drug-likeness (QED) is 0.139. The van der Waals surface area contributed by atoms with Gasteiger partial charge in [-0.05, 0) is 92.8 Å². The second-order valence-electron chi connectivity index (χ2n) is 24.7. The van der Waals surface area contributed by atoms with E-state index in [1.165, 1.54) is 0 Å². The number of aryl methyl sites for hydroxylation is 5. The zero-order valence-electron chi connectivity index (χ0n) is 49.7. The van der Waals surface area contributed by atoms with Crippen molar-refractivity contribution in [1.29, 1.82) is 0 Å². The summed E-state index contributed by atoms with van der Waals surface area (Å²) in [7, 11) is 0. The molecule has 0 amide bonds. The molecule has 6 heterocycles. The predicted octanol–water partition coefficient (Wildman–Crippen LogP) is 24.9. The van der Waals surface area contributed by atoms with E-state index in [-0.39, 0.29) is 6.08 Å². The van der Waals surface area contributed by atoms with Crippen molar-refractivity contribution >= 4 is 124 Å². The Bertz CT molecular complexity index is 4850. The third kappa shape index (κ3) is 8.15. The van der Waals surface area contributed by atoms with Crippen LogP contribution in [0.3, 0.4) is 0 Å². The summed E-state index contributed by atoms with van der Waals surface area (Å²) in [5, 5.41) is -2.48. The lowest BCUT2D eigenvalue weighted by Gasteiger charge is -2.27. The van der Waals surface area contributed by atoms with Gasteiger partial charge in [0.2, 0.25) is 0 Å². The summed E-state index contributed by atoms with van der Waals surface area (Å²) in [5.74, 6) is -124. The maximum absolute atomic E-state index is 16.7. The predicted molar refractivity (Wildman–Crippen MR) is 304 cm³/mol. The van der Waals surface area contributed by atoms with Gasteiger partial charge in [-0.25, -0.2) is 0 Å². The van der Waals surface area contributed by atoms with Crippen LogP contribution in [0.1, 0.15) is 83.5 Å². The average Bonchev–Trinajstić information content (AvgIpc) is 1.52. The van der Waals surface area contributed by atoms with E-state index in [1.807, 2.05) is 0 Å². The van der Waals surface area contributed by atoms with E-state index in [0.29, 0.717) is 41.5 Å². The van der Waals surface area contributed by atoms with Gasteiger partial charge in [-0.2, -0.15) is 158 Å². The van der Waals surface area contributed by atoms with Crippen LogP contribution in [-0.2, 0) is 0 Å². The summed E-state index contributed by atoms with van der Waals surface area (Å²) in [6, 6.07) is -2.39. The Balaban J connectivity index is 1.19. The fourth-order valence-corrected chi connectivity index (χ4v) is 20.8. The molecule has 1 aliphatic heterocycles. The van der Waals surface area contributed by atoms with Gasteiger partial charge in [0, 0.05) is 98.3 Å². The molecule has 0 radical (unpaired) electrons. The van der Waals surface area contributed by atoms with Crippen molar-refractivity contribution in [3.05, 3.63) is 129 Å². The molecule has 0 saturated carbocycles. The molecule has 2 unspecified atom stereocenters. The molecular formula is C60H26F36S6. The Kier molecular flexibility index (Phi) is 15.0. The lowest BCUT2D eigenvalue weighted by molar-refractivity contribution is -0.261. The first kappa shape index (κ1) is 74.8. The first-order valence-electron chi connectivity index (χ1n) is 28.0. The minimum atomic E-state index is -6.95. The van der Waals surface area contributed by atoms with E-state index in [9.17, 15) is 0 Å². The van der Waals surface area contributed by atoms with Gasteiger partial charge in [-0.1, -0.05) is 13.0 Å². The molecule has 13 rings (SSSR count). The van der Waals surface area contributed by atoms with Crippen LogP contribution in [0.2, 0.25) is 0 Å². The molecule has 102 heavy (non-hydrogen) atoms. The van der Waals surface area contributed by atoms with Gasteiger partial charge >= 0.3 is 107 Å². The summed E-state index contributed by atoms with van der Waals surface area (Å²) in [5.41, 5.74) is -44.9. The fraction of sp³-hybridized carbons (Fsp3) is 0.433. The lowest BCUT2D eigenvalue weighted by atomic mass is 9.87. The number of allylic oxidation sites excluding steroid dienone is 13. The number of hydrogen-bond acceptors (Lipinski definition) is 6. The molecule has 12 bridgehead atoms. The largest absolute Gasteiger partial charge is 0.380 e. The average molecular weight is 1620 g/mol. The summed E-state index contributed by atoms with van der Waals surface area (Å²) in [4.78, 5) is -19.0. The molecule has 42 heteroatoms. The topological polar surface area (TPSA) is 0 Å². The monoisotopic (exact) mass is 1620 g/mol. The summed E-state index contributed by atoms with van der Waals surface area (Å²) >= 11 is -4.34. The number of rotatable bonds is 0. The van der Waals surface area contributed by atoms with Crippen LogP contribution in [0.15, 0.2) is 52.5 Å². The minimum Gasteiger partial charge on any atom is -0.194 e. The second-order valence-corrected chi connectivity index (χ2v) is 32.4. The molecule has 554 valence electrons. The highest BCUT2D eigenvalue weighted by atomic mass is 32.2. The fourth-order valence-electron chi connectivity index (χ4n) is 13.9. The zero-order valence-corrected chi connectivity index (χ0v) is 54.6. The molecular weight excluding hydrogens is 1600 g/mol. The summed E-state index contributed by atoms with van der Waals surface area (Å²) in [6.07, 6.45) is -0.368. The van der Waals surface area contributed by atoms with E-state index >= 15 is 158 Å². The smallest absolute Gasteiger partial charge is 0.194 e. The van der Waals surface area contributed by atoms with Crippen molar-refractivity contribution in [2.75, 3.05) is 0 Å². The molecule has 8 aliphatic rings. The normalized spacial score (nSPS) is 28.7. The molecule has 7 aliphatic carbocycles. The van der Waals surface area contributed by atoms with Gasteiger partial charge in [-0.3, -0.25) is 0 Å². The summed E-state index contributed by atoms with van der Waals surface area (Å²) in [6.45, 7) is 1.92. The maximum atomic E-state index is 16.7. The number of hydrogen-bond donors (Lipinski definition) is 0. The van der Waals surface area contributed by atoms with Crippen molar-refractivity contribution in [2.24, 2.45) is 5.92 Å². The SMILES string of the molecule is Cc1sc2cc1C1=C(c3cc(sc3C)C3=C(c4cc(c(C)s4)C4=C(c5cc(sc5C)C5=C(c6cc(c(C)s6)C6=C(C7C=C(SC7C)C7=C2C(F)(F)C(F)(F)C7(F)F)C(F)(F)C(F)(F)C6(F)F)C(F)(F)C(F)(F)C5(F)F)C(F)(F)C(F)(F)C4(F)F)C(F)(F)C(F)(F)C3(F)F)C(F)(F)C(F)(F)C1(F)F. The van der Waals surface area contributed by atoms with Crippen molar-refractivity contribution in [3.63, 3.8) is 0 Å². The van der Waals surface area contributed by atoms with Crippen LogP contribution in [-0.4, -0.2) is 112 Å². The molecule has 0 N–H and O–H groups in total. The number of fused-ring (bicyclic) bond motifs is 23. The first-order chi connectivity index (χ1) is 45.7. The van der Waals surface area contributed by atoms with Gasteiger partial charge in [0.05, 0.1) is 33.4 Å². The Hall–Kier alpha value is -5.49. The van der Waals surface area contributed by atoms with Crippen LogP contribution >= 0.6 is 68.4 Å². The van der Waals surface area contributed by atoms with E-state index in [0.717, 1.165) is 0 Å². The van der Waals surface area contributed by atoms with E-state index in [1.54, 1.807) is 0 Å². The number of halogens is 36. The Morgan fingerprint density at radius 2 is 0.412 bits per heavy atom. The van der Waals surface area contributed by atoms with Crippen LogP contribution in [0.25, 0.3) is 55.7 Å². The highest BCUT2D eigenvalue weighted by Gasteiger charge is 2.87. The highest BCUT2D eigenvalue weighted by molar-refractivity contribution is 8.04. The van der Waals surface area contributed by atoms with Gasteiger partial charge in [-0.15, -0.1) is 68.4 Å². The maximum Gasteiger partial charge on any atom is 0.380 e. The van der Waals surface area contributed by atoms with Crippen molar-refractivity contribution < 1.29 is 158 Å².